The van der Waals surface area contributed by atoms with Gasteiger partial charge in [0.15, 0.2) is 11.5 Å². The van der Waals surface area contributed by atoms with Gasteiger partial charge in [0.05, 0.1) is 5.39 Å². The van der Waals surface area contributed by atoms with Crippen LogP contribution in [0.25, 0.3) is 28.0 Å². The van der Waals surface area contributed by atoms with Gasteiger partial charge in [-0.05, 0) is 13.0 Å². The van der Waals surface area contributed by atoms with E-state index in [-0.39, 0.29) is 33.3 Å². The molecule has 0 saturated carbocycles. The average molecular weight is 326 g/mol. The van der Waals surface area contributed by atoms with E-state index < -0.39 is 22.7 Å². The van der Waals surface area contributed by atoms with Crippen molar-refractivity contribution >= 4 is 28.0 Å². The Labute approximate surface area is 135 Å². The number of benzene rings is 2. The highest BCUT2D eigenvalue weighted by molar-refractivity contribution is 5.99. The van der Waals surface area contributed by atoms with Crippen molar-refractivity contribution in [1.29, 1.82) is 0 Å². The molecule has 0 spiro atoms. The molecule has 0 aliphatic heterocycles. The third kappa shape index (κ3) is 2.34. The Balaban J connectivity index is 2.55. The van der Waals surface area contributed by atoms with E-state index in [0.29, 0.717) is 5.57 Å². The van der Waals surface area contributed by atoms with Crippen LogP contribution in [-0.4, -0.2) is 20.4 Å². The van der Waals surface area contributed by atoms with Crippen molar-refractivity contribution in [1.82, 2.24) is 0 Å². The first-order chi connectivity index (χ1) is 11.3. The molecule has 0 atom stereocenters. The minimum absolute atomic E-state index is 0.00344. The number of phenolic OH excluding ortho intramolecular Hbond substituents is 4. The largest absolute Gasteiger partial charge is 0.508 e. The topological polar surface area (TPSA) is 111 Å². The predicted molar refractivity (Wildman–Crippen MR) is 90.5 cm³/mol. The van der Waals surface area contributed by atoms with Gasteiger partial charge in [-0.15, -0.1) is 0 Å². The van der Waals surface area contributed by atoms with E-state index in [1.807, 2.05) is 0 Å². The zero-order valence-corrected chi connectivity index (χ0v) is 12.7. The van der Waals surface area contributed by atoms with Crippen LogP contribution in [0.5, 0.6) is 23.0 Å². The molecule has 0 unspecified atom stereocenters. The number of hydrogen-bond acceptors (Lipinski definition) is 6. The van der Waals surface area contributed by atoms with Crippen molar-refractivity contribution in [2.75, 3.05) is 0 Å². The Kier molecular flexibility index (Phi) is 3.45. The van der Waals surface area contributed by atoms with Gasteiger partial charge in [-0.3, -0.25) is 4.79 Å². The van der Waals surface area contributed by atoms with E-state index in [1.54, 1.807) is 13.0 Å². The van der Waals surface area contributed by atoms with E-state index in [1.165, 1.54) is 12.1 Å². The molecular weight excluding hydrogens is 312 g/mol. The second-order valence-corrected chi connectivity index (χ2v) is 5.48. The molecule has 3 aromatic rings. The summed E-state index contributed by atoms with van der Waals surface area (Å²) in [6, 6.07) is 3.31. The lowest BCUT2D eigenvalue weighted by Gasteiger charge is -2.09. The normalized spacial score (nSPS) is 11.5. The molecule has 1 aromatic heterocycles. The second-order valence-electron chi connectivity index (χ2n) is 5.48. The van der Waals surface area contributed by atoms with Crippen LogP contribution in [0, 0.1) is 0 Å². The van der Waals surface area contributed by atoms with Crippen LogP contribution < -0.4 is 5.43 Å². The van der Waals surface area contributed by atoms with Gasteiger partial charge < -0.3 is 24.8 Å². The molecular formula is C18H14O6. The molecule has 6 heteroatoms. The van der Waals surface area contributed by atoms with Gasteiger partial charge in [-0.1, -0.05) is 18.2 Å². The van der Waals surface area contributed by atoms with Gasteiger partial charge in [-0.2, -0.15) is 0 Å². The van der Waals surface area contributed by atoms with Crippen LogP contribution in [0.4, 0.5) is 0 Å². The summed E-state index contributed by atoms with van der Waals surface area (Å²) >= 11 is 0. The van der Waals surface area contributed by atoms with E-state index in [4.69, 9.17) is 4.42 Å². The third-order valence-corrected chi connectivity index (χ3v) is 3.56. The van der Waals surface area contributed by atoms with Crippen molar-refractivity contribution in [3.63, 3.8) is 0 Å². The molecule has 0 saturated heterocycles. The fourth-order valence-corrected chi connectivity index (χ4v) is 2.50. The maximum atomic E-state index is 12.8. The third-order valence-electron chi connectivity index (χ3n) is 3.56. The minimum Gasteiger partial charge on any atom is -0.508 e. The quantitative estimate of drug-likeness (QED) is 0.326. The number of phenols is 4. The molecule has 0 aliphatic carbocycles. The van der Waals surface area contributed by atoms with Crippen molar-refractivity contribution in [3.05, 3.63) is 52.2 Å². The van der Waals surface area contributed by atoms with Gasteiger partial charge in [-0.25, -0.2) is 0 Å². The average Bonchev–Trinajstić information content (AvgIpc) is 2.47. The monoisotopic (exact) mass is 326 g/mol. The summed E-state index contributed by atoms with van der Waals surface area (Å²) in [6.45, 7) is 5.43. The number of rotatable bonds is 2. The van der Waals surface area contributed by atoms with E-state index in [9.17, 15) is 25.2 Å². The lowest BCUT2D eigenvalue weighted by molar-refractivity contribution is 0.403. The second kappa shape index (κ2) is 5.34. The summed E-state index contributed by atoms with van der Waals surface area (Å²) < 4.78 is 5.52. The summed E-state index contributed by atoms with van der Waals surface area (Å²) in [4.78, 5) is 12.8. The summed E-state index contributed by atoms with van der Waals surface area (Å²) in [5.74, 6) is -1.66. The molecule has 1 heterocycles. The molecule has 24 heavy (non-hydrogen) atoms. The molecule has 0 amide bonds. The van der Waals surface area contributed by atoms with E-state index in [2.05, 4.69) is 6.58 Å². The Morgan fingerprint density at radius 1 is 1.04 bits per heavy atom. The number of allylic oxidation sites excluding steroid dienone is 2. The van der Waals surface area contributed by atoms with Gasteiger partial charge in [0.1, 0.15) is 28.1 Å². The Morgan fingerprint density at radius 3 is 2.38 bits per heavy atom. The minimum atomic E-state index is -0.597. The molecule has 3 rings (SSSR count). The SMILES string of the molecule is C=C(C)C=Cc1c(O)c(O)cc2oc3cc(O)cc(O)c3c(=O)c12. The Hall–Kier alpha value is -3.41. The zero-order chi connectivity index (χ0) is 17.6. The summed E-state index contributed by atoms with van der Waals surface area (Å²) in [6.07, 6.45) is 2.99. The first-order valence-corrected chi connectivity index (χ1v) is 7.00. The summed E-state index contributed by atoms with van der Waals surface area (Å²) in [5, 5.41) is 39.3. The van der Waals surface area contributed by atoms with Gasteiger partial charge >= 0.3 is 0 Å². The Morgan fingerprint density at radius 2 is 1.71 bits per heavy atom. The maximum absolute atomic E-state index is 12.8. The van der Waals surface area contributed by atoms with Crippen LogP contribution >= 0.6 is 0 Å². The first-order valence-electron chi connectivity index (χ1n) is 7.00. The standard InChI is InChI=1S/C18H14O6/c1-8(2)3-4-10-15-14(7-12(21)17(10)22)24-13-6-9(19)5-11(20)16(13)18(15)23/h3-7,19-22H,1H2,2H3. The molecule has 0 radical (unpaired) electrons. The highest BCUT2D eigenvalue weighted by Crippen LogP contribution is 2.38. The zero-order valence-electron chi connectivity index (χ0n) is 12.7. The fraction of sp³-hybridized carbons (Fsp3) is 0.0556. The smallest absolute Gasteiger partial charge is 0.205 e. The van der Waals surface area contributed by atoms with E-state index >= 15 is 0 Å². The molecule has 2 aromatic carbocycles. The van der Waals surface area contributed by atoms with Crippen LogP contribution in [-0.2, 0) is 0 Å². The van der Waals surface area contributed by atoms with Crippen molar-refractivity contribution in [3.8, 4) is 23.0 Å². The van der Waals surface area contributed by atoms with Gasteiger partial charge in [0, 0.05) is 23.8 Å². The van der Waals surface area contributed by atoms with Crippen LogP contribution in [0.1, 0.15) is 12.5 Å². The van der Waals surface area contributed by atoms with Crippen LogP contribution in [0.15, 0.2) is 45.6 Å². The van der Waals surface area contributed by atoms with Crippen molar-refractivity contribution in [2.24, 2.45) is 0 Å². The highest BCUT2D eigenvalue weighted by Gasteiger charge is 2.19. The molecule has 122 valence electrons. The van der Waals surface area contributed by atoms with Gasteiger partial charge in [0.2, 0.25) is 5.43 Å². The summed E-state index contributed by atoms with van der Waals surface area (Å²) in [5.41, 5.74) is 0.0967. The molecule has 0 fully saturated rings. The lowest BCUT2D eigenvalue weighted by atomic mass is 10.0. The number of aromatic hydroxyl groups is 4. The van der Waals surface area contributed by atoms with E-state index in [0.717, 1.165) is 12.1 Å². The van der Waals surface area contributed by atoms with Crippen molar-refractivity contribution < 1.29 is 24.8 Å². The lowest BCUT2D eigenvalue weighted by Crippen LogP contribution is -2.04. The van der Waals surface area contributed by atoms with Crippen LogP contribution in [0.3, 0.4) is 0 Å². The molecule has 6 nitrogen and oxygen atoms in total. The highest BCUT2D eigenvalue weighted by atomic mass is 16.3. The number of hydrogen-bond donors (Lipinski definition) is 4. The fourth-order valence-electron chi connectivity index (χ4n) is 2.50. The van der Waals surface area contributed by atoms with Crippen LogP contribution in [0.2, 0.25) is 0 Å². The molecule has 4 N–H and O–H groups in total. The Bertz CT molecular complexity index is 1090. The number of fused-ring (bicyclic) bond motifs is 2. The van der Waals surface area contributed by atoms with Gasteiger partial charge in [0.25, 0.3) is 0 Å². The molecule has 0 aliphatic rings. The van der Waals surface area contributed by atoms with Crippen molar-refractivity contribution in [2.45, 2.75) is 6.92 Å². The molecule has 0 bridgehead atoms. The maximum Gasteiger partial charge on any atom is 0.205 e. The summed E-state index contributed by atoms with van der Waals surface area (Å²) in [7, 11) is 0. The predicted octanol–water partition coefficient (Wildman–Crippen LogP) is 3.36. The first kappa shape index (κ1) is 15.5.